The van der Waals surface area contributed by atoms with Crippen molar-refractivity contribution in [1.29, 1.82) is 0 Å². The predicted molar refractivity (Wildman–Crippen MR) is 83.2 cm³/mol. The molecule has 20 heavy (non-hydrogen) atoms. The van der Waals surface area contributed by atoms with Gasteiger partial charge in [-0.3, -0.25) is 4.98 Å². The lowest BCUT2D eigenvalue weighted by Gasteiger charge is -2.01. The Balaban J connectivity index is 1.86. The number of pyridine rings is 1. The Labute approximate surface area is 121 Å². The van der Waals surface area contributed by atoms with Crippen LogP contribution in [0, 0.1) is 6.92 Å². The van der Waals surface area contributed by atoms with Crippen LogP contribution in [0.25, 0.3) is 23.3 Å². The number of benzene rings is 1. The van der Waals surface area contributed by atoms with Crippen LogP contribution in [0.2, 0.25) is 0 Å². The molecule has 0 bridgehead atoms. The van der Waals surface area contributed by atoms with Gasteiger partial charge in [-0.25, -0.2) is 4.98 Å². The molecule has 0 saturated carbocycles. The Bertz CT molecular complexity index is 732. The fourth-order valence-electron chi connectivity index (χ4n) is 1.90. The highest BCUT2D eigenvalue weighted by Crippen LogP contribution is 2.20. The fourth-order valence-corrected chi connectivity index (χ4v) is 2.47. The summed E-state index contributed by atoms with van der Waals surface area (Å²) in [6, 6.07) is 12.4. The van der Waals surface area contributed by atoms with Gasteiger partial charge in [0.05, 0.1) is 0 Å². The molecule has 2 heterocycles. The summed E-state index contributed by atoms with van der Waals surface area (Å²) in [7, 11) is 0. The van der Waals surface area contributed by atoms with Crippen molar-refractivity contribution in [3.63, 3.8) is 0 Å². The number of hydrogen-bond acceptors (Lipinski definition) is 4. The lowest BCUT2D eigenvalue weighted by Crippen LogP contribution is -1.80. The smallest absolute Gasteiger partial charge is 0.139 e. The van der Waals surface area contributed by atoms with Crippen LogP contribution in [0.5, 0.6) is 0 Å². The number of aromatic nitrogens is 3. The highest BCUT2D eigenvalue weighted by atomic mass is 32.1. The Morgan fingerprint density at radius 3 is 2.70 bits per heavy atom. The summed E-state index contributed by atoms with van der Waals surface area (Å²) < 4.78 is 4.17. The first-order chi connectivity index (χ1) is 9.81. The maximum absolute atomic E-state index is 4.32. The topological polar surface area (TPSA) is 38.7 Å². The quantitative estimate of drug-likeness (QED) is 0.725. The van der Waals surface area contributed by atoms with Crippen LogP contribution in [0.4, 0.5) is 0 Å². The van der Waals surface area contributed by atoms with Crippen molar-refractivity contribution in [3.05, 3.63) is 65.2 Å². The second-order valence-electron chi connectivity index (χ2n) is 4.38. The number of nitrogens with zero attached hydrogens (tertiary/aromatic N) is 3. The summed E-state index contributed by atoms with van der Waals surface area (Å²) in [5.41, 5.74) is 3.42. The van der Waals surface area contributed by atoms with Gasteiger partial charge in [-0.1, -0.05) is 30.3 Å². The molecule has 3 aromatic rings. The molecule has 0 aliphatic heterocycles. The van der Waals surface area contributed by atoms with E-state index in [9.17, 15) is 0 Å². The molecular weight excluding hydrogens is 266 g/mol. The number of aryl methyl sites for hydroxylation is 1. The first kappa shape index (κ1) is 12.7. The van der Waals surface area contributed by atoms with E-state index in [0.717, 1.165) is 27.5 Å². The average Bonchev–Trinajstić information content (AvgIpc) is 2.92. The van der Waals surface area contributed by atoms with Crippen molar-refractivity contribution in [1.82, 2.24) is 14.3 Å². The van der Waals surface area contributed by atoms with Crippen LogP contribution in [0.1, 0.15) is 16.4 Å². The van der Waals surface area contributed by atoms with Crippen molar-refractivity contribution < 1.29 is 0 Å². The molecule has 3 rings (SSSR count). The van der Waals surface area contributed by atoms with Crippen LogP contribution in [0.15, 0.2) is 48.8 Å². The molecule has 0 aliphatic carbocycles. The number of rotatable bonds is 3. The second kappa shape index (κ2) is 5.75. The summed E-state index contributed by atoms with van der Waals surface area (Å²) in [4.78, 5) is 8.47. The molecule has 0 saturated heterocycles. The third-order valence-electron chi connectivity index (χ3n) is 2.84. The molecule has 98 valence electrons. The van der Waals surface area contributed by atoms with Crippen molar-refractivity contribution in [2.75, 3.05) is 0 Å². The van der Waals surface area contributed by atoms with Crippen molar-refractivity contribution in [3.8, 4) is 11.1 Å². The Kier molecular flexibility index (Phi) is 3.65. The van der Waals surface area contributed by atoms with E-state index in [2.05, 4.69) is 44.7 Å². The summed E-state index contributed by atoms with van der Waals surface area (Å²) >= 11 is 1.41. The average molecular weight is 279 g/mol. The van der Waals surface area contributed by atoms with Gasteiger partial charge < -0.3 is 0 Å². The normalized spacial score (nSPS) is 11.1. The fraction of sp³-hybridized carbons (Fsp3) is 0.0625. The highest BCUT2D eigenvalue weighted by Gasteiger charge is 1.98. The minimum Gasteiger partial charge on any atom is -0.264 e. The van der Waals surface area contributed by atoms with Crippen LogP contribution >= 0.6 is 11.5 Å². The lowest BCUT2D eigenvalue weighted by atomic mass is 10.0. The molecule has 0 N–H and O–H groups in total. The first-order valence-corrected chi connectivity index (χ1v) is 7.07. The van der Waals surface area contributed by atoms with Gasteiger partial charge in [-0.05, 0) is 47.8 Å². The highest BCUT2D eigenvalue weighted by molar-refractivity contribution is 7.06. The molecule has 0 atom stereocenters. The summed E-state index contributed by atoms with van der Waals surface area (Å²) in [6.45, 7) is 1.90. The van der Waals surface area contributed by atoms with E-state index >= 15 is 0 Å². The molecule has 4 heteroatoms. The molecule has 3 nitrogen and oxygen atoms in total. The van der Waals surface area contributed by atoms with Crippen LogP contribution in [-0.2, 0) is 0 Å². The van der Waals surface area contributed by atoms with Crippen LogP contribution in [-0.4, -0.2) is 14.3 Å². The van der Waals surface area contributed by atoms with Crippen LogP contribution < -0.4 is 0 Å². The van der Waals surface area contributed by atoms with Crippen molar-refractivity contribution in [2.24, 2.45) is 0 Å². The van der Waals surface area contributed by atoms with E-state index in [1.54, 1.807) is 6.20 Å². The van der Waals surface area contributed by atoms with Gasteiger partial charge in [0.25, 0.3) is 0 Å². The zero-order valence-electron chi connectivity index (χ0n) is 11.0. The van der Waals surface area contributed by atoms with E-state index in [-0.39, 0.29) is 0 Å². The lowest BCUT2D eigenvalue weighted by molar-refractivity contribution is 1.16. The van der Waals surface area contributed by atoms with E-state index in [0.29, 0.717) is 0 Å². The molecule has 1 aromatic carbocycles. The first-order valence-electron chi connectivity index (χ1n) is 6.30. The third-order valence-corrected chi connectivity index (χ3v) is 3.61. The van der Waals surface area contributed by atoms with Gasteiger partial charge in [0.1, 0.15) is 10.8 Å². The van der Waals surface area contributed by atoms with Gasteiger partial charge in [0.15, 0.2) is 0 Å². The molecule has 0 radical (unpaired) electrons. The molecule has 0 amide bonds. The van der Waals surface area contributed by atoms with Gasteiger partial charge >= 0.3 is 0 Å². The summed E-state index contributed by atoms with van der Waals surface area (Å²) in [6.07, 6.45) is 7.70. The summed E-state index contributed by atoms with van der Waals surface area (Å²) in [5.74, 6) is 0.818. The third kappa shape index (κ3) is 2.97. The predicted octanol–water partition coefficient (Wildman–Crippen LogP) is 4.08. The monoisotopic (exact) mass is 279 g/mol. The Morgan fingerprint density at radius 2 is 1.95 bits per heavy atom. The molecule has 0 unspecified atom stereocenters. The molecule has 0 aliphatic rings. The molecule has 0 spiro atoms. The molecule has 2 aromatic heterocycles. The Hall–Kier alpha value is -2.33. The number of hydrogen-bond donors (Lipinski definition) is 0. The van der Waals surface area contributed by atoms with Crippen LogP contribution in [0.3, 0.4) is 0 Å². The van der Waals surface area contributed by atoms with E-state index in [1.165, 1.54) is 11.5 Å². The van der Waals surface area contributed by atoms with Gasteiger partial charge in [0.2, 0.25) is 0 Å². The zero-order valence-corrected chi connectivity index (χ0v) is 11.8. The van der Waals surface area contributed by atoms with Crippen molar-refractivity contribution >= 4 is 23.7 Å². The van der Waals surface area contributed by atoms with Gasteiger partial charge in [-0.2, -0.15) is 4.37 Å². The minimum atomic E-state index is 0.818. The van der Waals surface area contributed by atoms with E-state index in [4.69, 9.17) is 0 Å². The molecule has 0 fully saturated rings. The van der Waals surface area contributed by atoms with Gasteiger partial charge in [-0.15, -0.1) is 0 Å². The zero-order chi connectivity index (χ0) is 13.8. The molecular formula is C16H13N3S. The minimum absolute atomic E-state index is 0.818. The van der Waals surface area contributed by atoms with Crippen molar-refractivity contribution in [2.45, 2.75) is 6.92 Å². The maximum atomic E-state index is 4.32. The van der Waals surface area contributed by atoms with Gasteiger partial charge in [0, 0.05) is 18.0 Å². The second-order valence-corrected chi connectivity index (χ2v) is 5.16. The SMILES string of the molecule is Cc1nsc(/C=C/c2cccc(-c3cccnc3)c2)n1. The van der Waals surface area contributed by atoms with E-state index in [1.807, 2.05) is 31.3 Å². The largest absolute Gasteiger partial charge is 0.264 e. The maximum Gasteiger partial charge on any atom is 0.139 e. The standard InChI is InChI=1S/C16H13N3S/c1-12-18-16(20-19-12)8-7-13-4-2-5-14(10-13)15-6-3-9-17-11-15/h2-11H,1H3/b8-7+. The van der Waals surface area contributed by atoms with E-state index < -0.39 is 0 Å². The Morgan fingerprint density at radius 1 is 1.05 bits per heavy atom. The summed E-state index contributed by atoms with van der Waals surface area (Å²) in [5, 5.41) is 0.925.